The van der Waals surface area contributed by atoms with Crippen LogP contribution < -0.4 is 15.2 Å². The number of nitrogens with two attached hydrogens (primary N) is 1. The van der Waals surface area contributed by atoms with E-state index in [1.807, 2.05) is 18.2 Å². The van der Waals surface area contributed by atoms with Crippen LogP contribution in [0.1, 0.15) is 31.2 Å². The van der Waals surface area contributed by atoms with E-state index in [9.17, 15) is 5.11 Å². The molecule has 1 saturated carbocycles. The second kappa shape index (κ2) is 6.07. The molecule has 2 rings (SSSR count). The number of hydrogen-bond donors (Lipinski definition) is 2. The van der Waals surface area contributed by atoms with Gasteiger partial charge in [-0.3, -0.25) is 0 Å². The van der Waals surface area contributed by atoms with Crippen LogP contribution in [0.4, 0.5) is 0 Å². The van der Waals surface area contributed by atoms with Gasteiger partial charge in [-0.05, 0) is 25.3 Å². The van der Waals surface area contributed by atoms with Gasteiger partial charge < -0.3 is 20.3 Å². The second-order valence-corrected chi connectivity index (χ2v) is 4.66. The highest BCUT2D eigenvalue weighted by molar-refractivity contribution is 5.46. The summed E-state index contributed by atoms with van der Waals surface area (Å²) in [7, 11) is 1.61. The minimum Gasteiger partial charge on any atom is -0.493 e. The molecule has 1 aliphatic carbocycles. The van der Waals surface area contributed by atoms with Crippen LogP contribution in [0.3, 0.4) is 0 Å². The molecule has 2 unspecified atom stereocenters. The fourth-order valence-corrected chi connectivity index (χ4v) is 2.38. The quantitative estimate of drug-likeness (QED) is 0.857. The standard InChI is InChI=1S/C14H21NO3/c1-17-13-8-4-5-10(9-15)14(13)18-12-7-3-2-6-11(12)16/h4-5,8,11-12,16H,2-3,6-7,9,15H2,1H3. The normalized spacial score (nSPS) is 23.7. The van der Waals surface area contributed by atoms with Gasteiger partial charge in [-0.1, -0.05) is 18.6 Å². The summed E-state index contributed by atoms with van der Waals surface area (Å²) >= 11 is 0. The third-order valence-corrected chi connectivity index (χ3v) is 3.44. The van der Waals surface area contributed by atoms with Gasteiger partial charge in [0.1, 0.15) is 6.10 Å². The van der Waals surface area contributed by atoms with Crippen LogP contribution >= 0.6 is 0 Å². The lowest BCUT2D eigenvalue weighted by Gasteiger charge is -2.29. The first-order valence-corrected chi connectivity index (χ1v) is 6.47. The highest BCUT2D eigenvalue weighted by Crippen LogP contribution is 2.34. The highest BCUT2D eigenvalue weighted by atomic mass is 16.5. The Hall–Kier alpha value is -1.26. The van der Waals surface area contributed by atoms with Crippen molar-refractivity contribution in [3.8, 4) is 11.5 Å². The summed E-state index contributed by atoms with van der Waals surface area (Å²) in [5.74, 6) is 1.35. The molecule has 1 aliphatic rings. The van der Waals surface area contributed by atoms with Crippen molar-refractivity contribution in [2.24, 2.45) is 5.73 Å². The van der Waals surface area contributed by atoms with Gasteiger partial charge in [-0.2, -0.15) is 0 Å². The van der Waals surface area contributed by atoms with Gasteiger partial charge >= 0.3 is 0 Å². The number of aliphatic hydroxyl groups is 1. The minimum atomic E-state index is -0.394. The van der Waals surface area contributed by atoms with Gasteiger partial charge in [0.05, 0.1) is 13.2 Å². The molecule has 0 aromatic heterocycles. The van der Waals surface area contributed by atoms with Crippen molar-refractivity contribution in [2.75, 3.05) is 7.11 Å². The minimum absolute atomic E-state index is 0.152. The van der Waals surface area contributed by atoms with Crippen LogP contribution in [-0.2, 0) is 6.54 Å². The van der Waals surface area contributed by atoms with Crippen LogP contribution in [0.2, 0.25) is 0 Å². The lowest BCUT2D eigenvalue weighted by Crippen LogP contribution is -2.35. The predicted octanol–water partition coefficient (Wildman–Crippen LogP) is 1.84. The summed E-state index contributed by atoms with van der Waals surface area (Å²) in [6.45, 7) is 0.398. The molecule has 0 radical (unpaired) electrons. The maximum Gasteiger partial charge on any atom is 0.166 e. The average Bonchev–Trinajstić information content (AvgIpc) is 2.41. The number of aliphatic hydroxyl groups excluding tert-OH is 1. The average molecular weight is 251 g/mol. The molecule has 1 fully saturated rings. The zero-order valence-corrected chi connectivity index (χ0v) is 10.8. The van der Waals surface area contributed by atoms with Crippen molar-refractivity contribution in [2.45, 2.75) is 44.4 Å². The largest absolute Gasteiger partial charge is 0.493 e. The highest BCUT2D eigenvalue weighted by Gasteiger charge is 2.26. The molecule has 1 aromatic carbocycles. The van der Waals surface area contributed by atoms with Crippen LogP contribution in [0.5, 0.6) is 11.5 Å². The van der Waals surface area contributed by atoms with Crippen LogP contribution in [0, 0.1) is 0 Å². The lowest BCUT2D eigenvalue weighted by atomic mass is 9.94. The Morgan fingerprint density at radius 1 is 1.33 bits per heavy atom. The Balaban J connectivity index is 2.21. The second-order valence-electron chi connectivity index (χ2n) is 4.66. The van der Waals surface area contributed by atoms with E-state index in [4.69, 9.17) is 15.2 Å². The molecule has 1 aromatic rings. The van der Waals surface area contributed by atoms with Gasteiger partial charge in [0, 0.05) is 12.1 Å². The van der Waals surface area contributed by atoms with Crippen LogP contribution in [-0.4, -0.2) is 24.4 Å². The number of rotatable bonds is 4. The van der Waals surface area contributed by atoms with Gasteiger partial charge in [-0.15, -0.1) is 0 Å². The Labute approximate surface area is 108 Å². The van der Waals surface area contributed by atoms with Crippen molar-refractivity contribution in [3.63, 3.8) is 0 Å². The van der Waals surface area contributed by atoms with Gasteiger partial charge in [-0.25, -0.2) is 0 Å². The van der Waals surface area contributed by atoms with Crippen molar-refractivity contribution < 1.29 is 14.6 Å². The van der Waals surface area contributed by atoms with Crippen molar-refractivity contribution in [3.05, 3.63) is 23.8 Å². The van der Waals surface area contributed by atoms with Crippen LogP contribution in [0.15, 0.2) is 18.2 Å². The SMILES string of the molecule is COc1cccc(CN)c1OC1CCCCC1O. The molecule has 4 heteroatoms. The molecule has 0 bridgehead atoms. The number of benzene rings is 1. The third-order valence-electron chi connectivity index (χ3n) is 3.44. The number of methoxy groups -OCH3 is 1. The van der Waals surface area contributed by atoms with Gasteiger partial charge in [0.2, 0.25) is 0 Å². The zero-order chi connectivity index (χ0) is 13.0. The van der Waals surface area contributed by atoms with Gasteiger partial charge in [0.25, 0.3) is 0 Å². The topological polar surface area (TPSA) is 64.7 Å². The van der Waals surface area contributed by atoms with E-state index in [0.717, 1.165) is 31.2 Å². The molecule has 100 valence electrons. The summed E-state index contributed by atoms with van der Waals surface area (Å²) in [6, 6.07) is 5.67. The Morgan fingerprint density at radius 2 is 2.11 bits per heavy atom. The smallest absolute Gasteiger partial charge is 0.166 e. The van der Waals surface area contributed by atoms with Crippen molar-refractivity contribution in [1.29, 1.82) is 0 Å². The van der Waals surface area contributed by atoms with E-state index >= 15 is 0 Å². The molecule has 0 spiro atoms. The first-order chi connectivity index (χ1) is 8.76. The molecular formula is C14H21NO3. The molecular weight excluding hydrogens is 230 g/mol. The molecule has 0 aliphatic heterocycles. The number of ether oxygens (including phenoxy) is 2. The van der Waals surface area contributed by atoms with E-state index in [1.165, 1.54) is 0 Å². The van der Waals surface area contributed by atoms with Crippen molar-refractivity contribution in [1.82, 2.24) is 0 Å². The molecule has 2 atom stereocenters. The Bertz CT molecular complexity index is 372. The van der Waals surface area contributed by atoms with E-state index in [0.29, 0.717) is 18.0 Å². The molecule has 3 N–H and O–H groups in total. The lowest BCUT2D eigenvalue weighted by molar-refractivity contribution is 0.00520. The molecule has 4 nitrogen and oxygen atoms in total. The Morgan fingerprint density at radius 3 is 2.78 bits per heavy atom. The molecule has 0 saturated heterocycles. The predicted molar refractivity (Wildman–Crippen MR) is 69.8 cm³/mol. The van der Waals surface area contributed by atoms with Gasteiger partial charge in [0.15, 0.2) is 11.5 Å². The molecule has 0 heterocycles. The monoisotopic (exact) mass is 251 g/mol. The summed E-state index contributed by atoms with van der Waals surface area (Å²) < 4.78 is 11.3. The number of hydrogen-bond acceptors (Lipinski definition) is 4. The third kappa shape index (κ3) is 2.76. The van der Waals surface area contributed by atoms with E-state index < -0.39 is 6.10 Å². The summed E-state index contributed by atoms with van der Waals surface area (Å²) in [5.41, 5.74) is 6.63. The van der Waals surface area contributed by atoms with Crippen LogP contribution in [0.25, 0.3) is 0 Å². The maximum atomic E-state index is 9.96. The molecule has 18 heavy (non-hydrogen) atoms. The van der Waals surface area contributed by atoms with Crippen molar-refractivity contribution >= 4 is 0 Å². The number of para-hydroxylation sites is 1. The fraction of sp³-hybridized carbons (Fsp3) is 0.571. The Kier molecular flexibility index (Phi) is 4.44. The summed E-state index contributed by atoms with van der Waals surface area (Å²) in [5, 5.41) is 9.96. The molecule has 0 amide bonds. The van der Waals surface area contributed by atoms with E-state index in [1.54, 1.807) is 7.11 Å². The first-order valence-electron chi connectivity index (χ1n) is 6.47. The maximum absolute atomic E-state index is 9.96. The zero-order valence-electron chi connectivity index (χ0n) is 10.8. The van der Waals surface area contributed by atoms with E-state index in [-0.39, 0.29) is 6.10 Å². The first kappa shape index (κ1) is 13.2. The fourth-order valence-electron chi connectivity index (χ4n) is 2.38. The summed E-state index contributed by atoms with van der Waals surface area (Å²) in [6.07, 6.45) is 3.29. The van der Waals surface area contributed by atoms with E-state index in [2.05, 4.69) is 0 Å². The summed E-state index contributed by atoms with van der Waals surface area (Å²) in [4.78, 5) is 0.